The van der Waals surface area contributed by atoms with Crippen molar-refractivity contribution in [3.05, 3.63) is 53.3 Å². The zero-order valence-corrected chi connectivity index (χ0v) is 12.7. The first-order chi connectivity index (χ1) is 10.3. The van der Waals surface area contributed by atoms with E-state index in [2.05, 4.69) is 10.3 Å². The molecule has 0 amide bonds. The Morgan fingerprint density at radius 1 is 1.14 bits per heavy atom. The average Bonchev–Trinajstić information content (AvgIpc) is 2.45. The Bertz CT molecular complexity index is 634. The second-order valence-corrected chi connectivity index (χ2v) is 5.29. The van der Waals surface area contributed by atoms with Crippen molar-refractivity contribution in [2.45, 2.75) is 19.6 Å². The Morgan fingerprint density at radius 2 is 1.86 bits per heavy atom. The number of rotatable bonds is 4. The van der Waals surface area contributed by atoms with Crippen LogP contribution in [0.2, 0.25) is 0 Å². The lowest BCUT2D eigenvalue weighted by molar-refractivity contribution is -0.137. The Hall–Kier alpha value is -2.24. The molecule has 0 fully saturated rings. The zero-order valence-electron chi connectivity index (χ0n) is 12.7. The Kier molecular flexibility index (Phi) is 4.59. The van der Waals surface area contributed by atoms with E-state index >= 15 is 0 Å². The van der Waals surface area contributed by atoms with Crippen molar-refractivity contribution in [2.24, 2.45) is 0 Å². The third-order valence-corrected chi connectivity index (χ3v) is 3.25. The molecule has 0 bridgehead atoms. The van der Waals surface area contributed by atoms with Crippen LogP contribution in [0.5, 0.6) is 0 Å². The first kappa shape index (κ1) is 16.1. The highest BCUT2D eigenvalue weighted by molar-refractivity contribution is 5.61. The van der Waals surface area contributed by atoms with Gasteiger partial charge in [-0.15, -0.1) is 0 Å². The summed E-state index contributed by atoms with van der Waals surface area (Å²) in [5.74, 6) is 0. The summed E-state index contributed by atoms with van der Waals surface area (Å²) in [6.07, 6.45) is -2.68. The Labute approximate surface area is 127 Å². The summed E-state index contributed by atoms with van der Waals surface area (Å²) in [5.41, 5.74) is 1.74. The van der Waals surface area contributed by atoms with E-state index in [-0.39, 0.29) is 5.69 Å². The first-order valence-electron chi connectivity index (χ1n) is 6.81. The fourth-order valence-electron chi connectivity index (χ4n) is 2.07. The van der Waals surface area contributed by atoms with E-state index in [1.54, 1.807) is 26.4 Å². The van der Waals surface area contributed by atoms with Crippen LogP contribution in [-0.4, -0.2) is 19.1 Å². The molecule has 118 valence electrons. The van der Waals surface area contributed by atoms with Gasteiger partial charge in [-0.25, -0.2) is 0 Å². The van der Waals surface area contributed by atoms with Gasteiger partial charge in [-0.2, -0.15) is 13.2 Å². The number of nitrogens with zero attached hydrogens (tertiary/aromatic N) is 2. The lowest BCUT2D eigenvalue weighted by Crippen LogP contribution is -2.17. The molecule has 2 rings (SSSR count). The molecule has 0 aliphatic heterocycles. The molecule has 1 aromatic carbocycles. The number of pyridine rings is 1. The highest BCUT2D eigenvalue weighted by atomic mass is 19.4. The van der Waals surface area contributed by atoms with Crippen LogP contribution in [0, 0.1) is 6.92 Å². The van der Waals surface area contributed by atoms with Gasteiger partial charge in [-0.05, 0) is 36.8 Å². The van der Waals surface area contributed by atoms with Gasteiger partial charge >= 0.3 is 6.18 Å². The van der Waals surface area contributed by atoms with Crippen molar-refractivity contribution in [1.29, 1.82) is 0 Å². The molecule has 1 aromatic heterocycles. The van der Waals surface area contributed by atoms with Gasteiger partial charge in [0, 0.05) is 43.9 Å². The van der Waals surface area contributed by atoms with Crippen molar-refractivity contribution in [3.8, 4) is 0 Å². The Balaban J connectivity index is 2.20. The van der Waals surface area contributed by atoms with E-state index in [9.17, 15) is 13.2 Å². The molecule has 0 unspecified atom stereocenters. The van der Waals surface area contributed by atoms with Gasteiger partial charge in [0.2, 0.25) is 0 Å². The van der Waals surface area contributed by atoms with Crippen LogP contribution in [0.4, 0.5) is 24.5 Å². The highest BCUT2D eigenvalue weighted by Crippen LogP contribution is 2.37. The molecule has 6 heteroatoms. The minimum atomic E-state index is -4.39. The third-order valence-electron chi connectivity index (χ3n) is 3.25. The monoisotopic (exact) mass is 309 g/mol. The number of benzene rings is 1. The minimum Gasteiger partial charge on any atom is -0.381 e. The molecule has 0 aliphatic carbocycles. The highest BCUT2D eigenvalue weighted by Gasteiger charge is 2.34. The number of hydrogen-bond acceptors (Lipinski definition) is 3. The van der Waals surface area contributed by atoms with Gasteiger partial charge < -0.3 is 10.2 Å². The van der Waals surface area contributed by atoms with E-state index in [1.165, 1.54) is 11.0 Å². The lowest BCUT2D eigenvalue weighted by atomic mass is 10.1. The molecular formula is C16H18F3N3. The Morgan fingerprint density at radius 3 is 2.41 bits per heavy atom. The summed E-state index contributed by atoms with van der Waals surface area (Å²) in [4.78, 5) is 5.61. The second kappa shape index (κ2) is 6.25. The van der Waals surface area contributed by atoms with Crippen molar-refractivity contribution >= 4 is 11.4 Å². The number of aryl methyl sites for hydroxylation is 1. The number of nitrogens with one attached hydrogen (secondary N) is 1. The van der Waals surface area contributed by atoms with Gasteiger partial charge in [0.15, 0.2) is 0 Å². The SMILES string of the molecule is Cc1ccc(CNc2ccc(N(C)C)c(C(F)(F)F)c2)cn1. The smallest absolute Gasteiger partial charge is 0.381 e. The van der Waals surface area contributed by atoms with E-state index in [4.69, 9.17) is 0 Å². The van der Waals surface area contributed by atoms with Crippen molar-refractivity contribution in [3.63, 3.8) is 0 Å². The molecule has 2 aromatic rings. The van der Waals surface area contributed by atoms with Crippen LogP contribution in [0.3, 0.4) is 0 Å². The fourth-order valence-corrected chi connectivity index (χ4v) is 2.07. The average molecular weight is 309 g/mol. The molecule has 22 heavy (non-hydrogen) atoms. The van der Waals surface area contributed by atoms with Crippen molar-refractivity contribution in [2.75, 3.05) is 24.3 Å². The molecule has 0 saturated heterocycles. The topological polar surface area (TPSA) is 28.2 Å². The lowest BCUT2D eigenvalue weighted by Gasteiger charge is -2.20. The standard InChI is InChI=1S/C16H18F3N3/c1-11-4-5-12(9-20-11)10-21-13-6-7-15(22(2)3)14(8-13)16(17,18)19/h4-9,21H,10H2,1-3H3. The first-order valence-corrected chi connectivity index (χ1v) is 6.81. The minimum absolute atomic E-state index is 0.148. The molecular weight excluding hydrogens is 291 g/mol. The van der Waals surface area contributed by atoms with Crippen LogP contribution in [0.15, 0.2) is 36.5 Å². The predicted octanol–water partition coefficient (Wildman–Crippen LogP) is 4.09. The molecule has 1 heterocycles. The molecule has 3 nitrogen and oxygen atoms in total. The predicted molar refractivity (Wildman–Crippen MR) is 82.1 cm³/mol. The summed E-state index contributed by atoms with van der Waals surface area (Å²) in [6.45, 7) is 2.30. The quantitative estimate of drug-likeness (QED) is 0.922. The van der Waals surface area contributed by atoms with Gasteiger partial charge in [-0.1, -0.05) is 6.07 Å². The van der Waals surface area contributed by atoms with E-state index in [1.807, 2.05) is 19.1 Å². The van der Waals surface area contributed by atoms with Crippen LogP contribution in [0.1, 0.15) is 16.8 Å². The molecule has 0 spiro atoms. The van der Waals surface area contributed by atoms with Crippen LogP contribution < -0.4 is 10.2 Å². The van der Waals surface area contributed by atoms with Gasteiger partial charge in [-0.3, -0.25) is 4.98 Å². The maximum absolute atomic E-state index is 13.1. The molecule has 0 saturated carbocycles. The van der Waals surface area contributed by atoms with E-state index in [0.717, 1.165) is 17.3 Å². The van der Waals surface area contributed by atoms with Gasteiger partial charge in [0.05, 0.1) is 5.56 Å². The number of hydrogen-bond donors (Lipinski definition) is 1. The number of aromatic nitrogens is 1. The number of halogens is 3. The van der Waals surface area contributed by atoms with Crippen LogP contribution in [0.25, 0.3) is 0 Å². The summed E-state index contributed by atoms with van der Waals surface area (Å²) < 4.78 is 39.4. The second-order valence-electron chi connectivity index (χ2n) is 5.29. The summed E-state index contributed by atoms with van der Waals surface area (Å²) >= 11 is 0. The maximum Gasteiger partial charge on any atom is 0.418 e. The van der Waals surface area contributed by atoms with E-state index < -0.39 is 11.7 Å². The molecule has 0 radical (unpaired) electrons. The van der Waals surface area contributed by atoms with Gasteiger partial charge in [0.25, 0.3) is 0 Å². The summed E-state index contributed by atoms with van der Waals surface area (Å²) in [7, 11) is 3.19. The summed E-state index contributed by atoms with van der Waals surface area (Å²) in [6, 6.07) is 8.02. The van der Waals surface area contributed by atoms with Crippen LogP contribution >= 0.6 is 0 Å². The van der Waals surface area contributed by atoms with E-state index in [0.29, 0.717) is 12.2 Å². The fraction of sp³-hybridized carbons (Fsp3) is 0.312. The summed E-state index contributed by atoms with van der Waals surface area (Å²) in [5, 5.41) is 3.00. The number of alkyl halides is 3. The van der Waals surface area contributed by atoms with Crippen molar-refractivity contribution < 1.29 is 13.2 Å². The molecule has 0 aliphatic rings. The zero-order chi connectivity index (χ0) is 16.3. The van der Waals surface area contributed by atoms with Crippen molar-refractivity contribution in [1.82, 2.24) is 4.98 Å². The molecule has 1 N–H and O–H groups in total. The van der Waals surface area contributed by atoms with Crippen LogP contribution in [-0.2, 0) is 12.7 Å². The molecule has 0 atom stereocenters. The normalized spacial score (nSPS) is 11.4. The third kappa shape index (κ3) is 3.90. The maximum atomic E-state index is 13.1. The largest absolute Gasteiger partial charge is 0.418 e. The van der Waals surface area contributed by atoms with Gasteiger partial charge in [0.1, 0.15) is 0 Å². The number of anilines is 2.